The molecule has 1 aromatic rings. The molecule has 0 aromatic carbocycles. The van der Waals surface area contributed by atoms with E-state index >= 15 is 0 Å². The van der Waals surface area contributed by atoms with E-state index in [1.54, 1.807) is 11.3 Å². The Bertz CT molecular complexity index is 374. The fourth-order valence-electron chi connectivity index (χ4n) is 1.99. The molecule has 0 saturated carbocycles. The van der Waals surface area contributed by atoms with Crippen molar-refractivity contribution >= 4 is 28.8 Å². The summed E-state index contributed by atoms with van der Waals surface area (Å²) in [4.78, 5) is 13.0. The molecule has 0 radical (unpaired) electrons. The molecule has 17 heavy (non-hydrogen) atoms. The van der Waals surface area contributed by atoms with E-state index in [4.69, 9.17) is 11.6 Å². The number of amides is 1. The number of hydrogen-bond donors (Lipinski definition) is 2. The molecular formula is C12H17ClN2OS. The number of thiophene rings is 1. The molecule has 1 atom stereocenters. The summed E-state index contributed by atoms with van der Waals surface area (Å²) in [5.74, 6) is 0.132. The van der Waals surface area contributed by atoms with Crippen LogP contribution in [0.2, 0.25) is 4.34 Å². The number of halogens is 1. The van der Waals surface area contributed by atoms with Gasteiger partial charge in [-0.15, -0.1) is 11.3 Å². The number of nitrogens with one attached hydrogen (secondary N) is 2. The first kappa shape index (κ1) is 12.9. The maximum absolute atomic E-state index is 11.8. The van der Waals surface area contributed by atoms with Crippen molar-refractivity contribution in [2.24, 2.45) is 0 Å². The van der Waals surface area contributed by atoms with Crippen molar-refractivity contribution in [3.05, 3.63) is 21.3 Å². The van der Waals surface area contributed by atoms with Gasteiger partial charge in [0, 0.05) is 11.4 Å². The molecule has 2 heterocycles. The van der Waals surface area contributed by atoms with Crippen molar-refractivity contribution in [1.29, 1.82) is 0 Å². The quantitative estimate of drug-likeness (QED) is 0.882. The zero-order valence-corrected chi connectivity index (χ0v) is 11.2. The predicted molar refractivity (Wildman–Crippen MR) is 71.7 cm³/mol. The van der Waals surface area contributed by atoms with Gasteiger partial charge in [0.2, 0.25) is 5.91 Å². The smallest absolute Gasteiger partial charge is 0.237 e. The molecule has 0 aliphatic carbocycles. The van der Waals surface area contributed by atoms with Crippen molar-refractivity contribution in [2.45, 2.75) is 31.7 Å². The van der Waals surface area contributed by atoms with Gasteiger partial charge in [0.25, 0.3) is 0 Å². The van der Waals surface area contributed by atoms with E-state index in [1.807, 2.05) is 12.1 Å². The predicted octanol–water partition coefficient (Wildman–Crippen LogP) is 2.20. The van der Waals surface area contributed by atoms with Gasteiger partial charge in [-0.2, -0.15) is 0 Å². The van der Waals surface area contributed by atoms with Gasteiger partial charge in [0.15, 0.2) is 0 Å². The number of carbonyl (C=O) groups is 1. The molecule has 1 unspecified atom stereocenters. The number of carbonyl (C=O) groups excluding carboxylic acids is 1. The largest absolute Gasteiger partial charge is 0.354 e. The summed E-state index contributed by atoms with van der Waals surface area (Å²) in [5.41, 5.74) is 0. The topological polar surface area (TPSA) is 41.1 Å². The number of rotatable bonds is 4. The maximum Gasteiger partial charge on any atom is 0.237 e. The summed E-state index contributed by atoms with van der Waals surface area (Å²) in [7, 11) is 0. The van der Waals surface area contributed by atoms with Crippen LogP contribution in [0.15, 0.2) is 12.1 Å². The molecule has 3 nitrogen and oxygen atoms in total. The van der Waals surface area contributed by atoms with Gasteiger partial charge >= 0.3 is 0 Å². The minimum atomic E-state index is 0.00988. The van der Waals surface area contributed by atoms with Crippen LogP contribution in [-0.2, 0) is 11.2 Å². The highest BCUT2D eigenvalue weighted by Crippen LogP contribution is 2.21. The zero-order valence-electron chi connectivity index (χ0n) is 9.67. The minimum absolute atomic E-state index is 0.00988. The average Bonchev–Trinajstić information content (AvgIpc) is 2.76. The highest BCUT2D eigenvalue weighted by molar-refractivity contribution is 7.16. The molecule has 1 aromatic heterocycles. The van der Waals surface area contributed by atoms with Gasteiger partial charge in [-0.05, 0) is 37.9 Å². The Balaban J connectivity index is 1.69. The van der Waals surface area contributed by atoms with Gasteiger partial charge in [0.05, 0.1) is 10.4 Å². The van der Waals surface area contributed by atoms with E-state index in [1.165, 1.54) is 11.3 Å². The van der Waals surface area contributed by atoms with Crippen molar-refractivity contribution in [3.63, 3.8) is 0 Å². The Morgan fingerprint density at radius 1 is 1.53 bits per heavy atom. The minimum Gasteiger partial charge on any atom is -0.354 e. The fraction of sp³-hybridized carbons (Fsp3) is 0.583. The maximum atomic E-state index is 11.8. The third kappa shape index (κ3) is 3.98. The molecule has 0 spiro atoms. The van der Waals surface area contributed by atoms with Gasteiger partial charge in [0.1, 0.15) is 0 Å². The van der Waals surface area contributed by atoms with Crippen LogP contribution in [-0.4, -0.2) is 25.0 Å². The lowest BCUT2D eigenvalue weighted by Crippen LogP contribution is -2.47. The molecular weight excluding hydrogens is 256 g/mol. The normalized spacial score (nSPS) is 20.2. The molecule has 1 amide bonds. The lowest BCUT2D eigenvalue weighted by molar-refractivity contribution is -0.123. The Hall–Kier alpha value is -0.580. The molecule has 1 fully saturated rings. The van der Waals surface area contributed by atoms with Crippen LogP contribution in [0.3, 0.4) is 0 Å². The second-order valence-corrected chi connectivity index (χ2v) is 6.05. The Kier molecular flexibility index (Phi) is 4.83. The average molecular weight is 273 g/mol. The lowest BCUT2D eigenvalue weighted by Gasteiger charge is -2.22. The zero-order chi connectivity index (χ0) is 12.1. The van der Waals surface area contributed by atoms with E-state index < -0.39 is 0 Å². The second-order valence-electron chi connectivity index (χ2n) is 4.25. The van der Waals surface area contributed by atoms with Crippen molar-refractivity contribution in [2.75, 3.05) is 13.1 Å². The van der Waals surface area contributed by atoms with Crippen LogP contribution in [0.1, 0.15) is 24.1 Å². The standard InChI is InChI=1S/C12H17ClN2OS/c13-11-5-4-9(17-11)6-8-15-12(16)10-3-1-2-7-14-10/h4-5,10,14H,1-3,6-8H2,(H,15,16). The molecule has 1 aliphatic rings. The molecule has 1 saturated heterocycles. The summed E-state index contributed by atoms with van der Waals surface area (Å²) >= 11 is 7.42. The van der Waals surface area contributed by atoms with Crippen LogP contribution in [0, 0.1) is 0 Å². The van der Waals surface area contributed by atoms with Crippen molar-refractivity contribution < 1.29 is 4.79 Å². The van der Waals surface area contributed by atoms with Crippen molar-refractivity contribution in [3.8, 4) is 0 Å². The van der Waals surface area contributed by atoms with E-state index in [0.29, 0.717) is 6.54 Å². The Morgan fingerprint density at radius 3 is 3.06 bits per heavy atom. The van der Waals surface area contributed by atoms with E-state index in [-0.39, 0.29) is 11.9 Å². The molecule has 94 valence electrons. The summed E-state index contributed by atoms with van der Waals surface area (Å²) in [6, 6.07) is 3.92. The molecule has 2 rings (SSSR count). The summed E-state index contributed by atoms with van der Waals surface area (Å²) in [6.45, 7) is 1.65. The van der Waals surface area contributed by atoms with Crippen LogP contribution >= 0.6 is 22.9 Å². The summed E-state index contributed by atoms with van der Waals surface area (Å²) in [5, 5.41) is 6.21. The monoisotopic (exact) mass is 272 g/mol. The molecule has 5 heteroatoms. The Labute approximate surface area is 111 Å². The summed E-state index contributed by atoms with van der Waals surface area (Å²) < 4.78 is 0.806. The van der Waals surface area contributed by atoms with Gasteiger partial charge in [-0.25, -0.2) is 0 Å². The number of piperidine rings is 1. The van der Waals surface area contributed by atoms with Crippen molar-refractivity contribution in [1.82, 2.24) is 10.6 Å². The van der Waals surface area contributed by atoms with Gasteiger partial charge < -0.3 is 10.6 Å². The lowest BCUT2D eigenvalue weighted by atomic mass is 10.0. The van der Waals surface area contributed by atoms with Crippen LogP contribution in [0.25, 0.3) is 0 Å². The molecule has 2 N–H and O–H groups in total. The highest BCUT2D eigenvalue weighted by atomic mass is 35.5. The van der Waals surface area contributed by atoms with E-state index in [9.17, 15) is 4.79 Å². The van der Waals surface area contributed by atoms with Crippen LogP contribution in [0.5, 0.6) is 0 Å². The molecule has 1 aliphatic heterocycles. The number of hydrogen-bond acceptors (Lipinski definition) is 3. The van der Waals surface area contributed by atoms with Gasteiger partial charge in [-0.1, -0.05) is 18.0 Å². The molecule has 0 bridgehead atoms. The van der Waals surface area contributed by atoms with E-state index in [2.05, 4.69) is 10.6 Å². The van der Waals surface area contributed by atoms with Crippen LogP contribution in [0.4, 0.5) is 0 Å². The first-order valence-corrected chi connectivity index (χ1v) is 7.20. The third-order valence-electron chi connectivity index (χ3n) is 2.93. The Morgan fingerprint density at radius 2 is 2.41 bits per heavy atom. The van der Waals surface area contributed by atoms with Gasteiger partial charge in [-0.3, -0.25) is 4.79 Å². The second kappa shape index (κ2) is 6.38. The SMILES string of the molecule is O=C(NCCc1ccc(Cl)s1)C1CCCCN1. The highest BCUT2D eigenvalue weighted by Gasteiger charge is 2.19. The third-order valence-corrected chi connectivity index (χ3v) is 4.22. The van der Waals surface area contributed by atoms with E-state index in [0.717, 1.165) is 30.1 Å². The van der Waals surface area contributed by atoms with Crippen LogP contribution < -0.4 is 10.6 Å². The first-order valence-electron chi connectivity index (χ1n) is 6.01. The first-order chi connectivity index (χ1) is 8.25. The summed E-state index contributed by atoms with van der Waals surface area (Å²) in [6.07, 6.45) is 4.13. The fourth-order valence-corrected chi connectivity index (χ4v) is 3.08.